The fraction of sp³-hybridized carbons (Fsp3) is 0.889. The molecule has 6 aliphatic rings. The third-order valence-corrected chi connectivity index (χ3v) is 7.81. The Morgan fingerprint density at radius 3 is 2.92 bits per heavy atom. The molecule has 0 N–H and O–H groups in total. The molecule has 0 amide bonds. The number of rotatable bonds is 3. The van der Waals surface area contributed by atoms with E-state index in [2.05, 4.69) is 18.8 Å². The van der Waals surface area contributed by atoms with Crippen molar-refractivity contribution in [2.75, 3.05) is 6.73 Å². The number of aliphatic imine (C=N–C) groups is 1. The van der Waals surface area contributed by atoms with Crippen LogP contribution in [0.2, 0.25) is 0 Å². The lowest BCUT2D eigenvalue weighted by Gasteiger charge is -2.76. The minimum absolute atomic E-state index is 0.0303. The quantitative estimate of drug-likeness (QED) is 0.441. The third-order valence-electron chi connectivity index (χ3n) is 7.81. The van der Waals surface area contributed by atoms with Crippen LogP contribution < -0.4 is 0 Å². The highest BCUT2D eigenvalue weighted by atomic mass is 17.2. The number of fused-ring (bicyclic) bond motifs is 4. The highest BCUT2D eigenvalue weighted by Crippen LogP contribution is 2.79. The monoisotopic (exact) mass is 351 g/mol. The molecule has 8 atom stereocenters. The second-order valence-corrected chi connectivity index (χ2v) is 8.55. The summed E-state index contributed by atoms with van der Waals surface area (Å²) in [5, 5.41) is 0. The minimum atomic E-state index is -0.791. The first-order valence-electron chi connectivity index (χ1n) is 9.26. The summed E-state index contributed by atoms with van der Waals surface area (Å²) in [6.45, 7) is 6.76. The molecule has 3 aliphatic carbocycles. The Bertz CT molecular complexity index is 639. The Morgan fingerprint density at radius 1 is 1.28 bits per heavy atom. The molecular formula is C18H25NO6. The van der Waals surface area contributed by atoms with Gasteiger partial charge in [-0.3, -0.25) is 4.79 Å². The van der Waals surface area contributed by atoms with Gasteiger partial charge in [0.15, 0.2) is 12.6 Å². The number of carbonyl (C=O) groups is 1. The number of carbonyl (C=O) groups excluding carboxylic acids is 1. The Balaban J connectivity index is 1.60. The van der Waals surface area contributed by atoms with Crippen LogP contribution in [0.4, 0.5) is 0 Å². The van der Waals surface area contributed by atoms with E-state index in [-0.39, 0.29) is 35.9 Å². The lowest BCUT2D eigenvalue weighted by atomic mass is 9.31. The summed E-state index contributed by atoms with van der Waals surface area (Å²) in [6.07, 6.45) is 3.70. The first-order chi connectivity index (χ1) is 12.0. The molecule has 2 spiro atoms. The highest BCUT2D eigenvalue weighted by Gasteiger charge is 2.83. The van der Waals surface area contributed by atoms with Crippen LogP contribution in [0.3, 0.4) is 0 Å². The van der Waals surface area contributed by atoms with Crippen molar-refractivity contribution < 1.29 is 28.8 Å². The van der Waals surface area contributed by atoms with E-state index in [0.717, 1.165) is 19.3 Å². The maximum atomic E-state index is 10.4. The summed E-state index contributed by atoms with van der Waals surface area (Å²) in [6, 6.07) is 0. The van der Waals surface area contributed by atoms with Crippen molar-refractivity contribution in [2.24, 2.45) is 33.6 Å². The van der Waals surface area contributed by atoms with Crippen molar-refractivity contribution in [1.82, 2.24) is 0 Å². The molecule has 3 saturated heterocycles. The molecule has 0 aromatic heterocycles. The van der Waals surface area contributed by atoms with Crippen molar-refractivity contribution in [3.63, 3.8) is 0 Å². The van der Waals surface area contributed by atoms with Crippen molar-refractivity contribution in [2.45, 2.75) is 64.6 Å². The molecule has 3 saturated carbocycles. The average molecular weight is 351 g/mol. The maximum Gasteiger partial charge on any atom is 0.294 e. The van der Waals surface area contributed by atoms with E-state index in [0.29, 0.717) is 24.2 Å². The zero-order valence-electron chi connectivity index (χ0n) is 14.9. The first kappa shape index (κ1) is 16.0. The number of hydrogen-bond donors (Lipinski definition) is 0. The van der Waals surface area contributed by atoms with Crippen LogP contribution in [-0.4, -0.2) is 37.3 Å². The predicted molar refractivity (Wildman–Crippen MR) is 84.9 cm³/mol. The Hall–Kier alpha value is -1.18. The highest BCUT2D eigenvalue weighted by molar-refractivity contribution is 5.81. The molecule has 0 radical (unpaired) electrons. The molecule has 25 heavy (non-hydrogen) atoms. The van der Waals surface area contributed by atoms with Gasteiger partial charge in [-0.1, -0.05) is 13.8 Å². The number of hydrogen-bond acceptors (Lipinski definition) is 7. The molecule has 7 heteroatoms. The van der Waals surface area contributed by atoms with Gasteiger partial charge in [0.2, 0.25) is 12.1 Å². The van der Waals surface area contributed by atoms with Gasteiger partial charge in [0.25, 0.3) is 6.47 Å². The number of nitrogens with zero attached hydrogens (tertiary/aromatic N) is 1. The van der Waals surface area contributed by atoms with E-state index in [1.807, 2.05) is 6.92 Å². The molecule has 0 aromatic carbocycles. The van der Waals surface area contributed by atoms with E-state index in [1.165, 1.54) is 6.42 Å². The largest absolute Gasteiger partial charge is 0.451 e. The van der Waals surface area contributed by atoms with E-state index in [1.54, 1.807) is 0 Å². The van der Waals surface area contributed by atoms with Crippen molar-refractivity contribution in [3.05, 3.63) is 0 Å². The Kier molecular flexibility index (Phi) is 3.18. The van der Waals surface area contributed by atoms with Gasteiger partial charge in [0.1, 0.15) is 6.10 Å². The standard InChI is InChI=1S/C18H25NO6/c1-10-4-5-18-11(2)13(19-8-21-9-20)22-14-12(18)17(10)7-6-16(3,23-14)25-24-15(17)18/h9-12,14-15H,4-8H2,1-3H3/t10-,11+,12?,14-,15?,16+,17?,18?/m1/s1. The van der Waals surface area contributed by atoms with E-state index >= 15 is 0 Å². The molecule has 0 aromatic rings. The second kappa shape index (κ2) is 4.96. The fourth-order valence-corrected chi connectivity index (χ4v) is 6.63. The van der Waals surface area contributed by atoms with Crippen LogP contribution in [0, 0.1) is 28.6 Å². The average Bonchev–Trinajstić information content (AvgIpc) is 2.77. The van der Waals surface area contributed by atoms with Gasteiger partial charge < -0.3 is 14.2 Å². The van der Waals surface area contributed by atoms with Crippen molar-refractivity contribution in [3.8, 4) is 0 Å². The summed E-state index contributed by atoms with van der Waals surface area (Å²) in [7, 11) is 0. The molecule has 6 rings (SSSR count). The SMILES string of the molecule is C[C@@H]1CCC23C4OO[C@@]5(C)CCC41C2[C@H](OC(=NCOC=O)[C@@H]3C)O5. The van der Waals surface area contributed by atoms with E-state index in [9.17, 15) is 4.79 Å². The minimum Gasteiger partial charge on any atom is -0.451 e. The Labute approximate surface area is 146 Å². The van der Waals surface area contributed by atoms with Crippen molar-refractivity contribution >= 4 is 12.4 Å². The molecule has 138 valence electrons. The molecule has 6 fully saturated rings. The molecule has 3 heterocycles. The van der Waals surface area contributed by atoms with Crippen LogP contribution in [0.1, 0.15) is 46.5 Å². The molecule has 7 nitrogen and oxygen atoms in total. The van der Waals surface area contributed by atoms with Gasteiger partial charge in [0.05, 0.1) is 0 Å². The van der Waals surface area contributed by atoms with E-state index in [4.69, 9.17) is 24.0 Å². The summed E-state index contributed by atoms with van der Waals surface area (Å²) < 4.78 is 17.3. The summed E-state index contributed by atoms with van der Waals surface area (Å²) in [5.74, 6) is 0.726. The van der Waals surface area contributed by atoms with Crippen LogP contribution in [0.25, 0.3) is 0 Å². The van der Waals surface area contributed by atoms with Crippen LogP contribution in [0.15, 0.2) is 4.99 Å². The first-order valence-corrected chi connectivity index (χ1v) is 9.26. The third kappa shape index (κ3) is 1.72. The normalized spacial score (nSPS) is 57.1. The predicted octanol–water partition coefficient (Wildman–Crippen LogP) is 2.40. The zero-order chi connectivity index (χ0) is 17.4. The lowest BCUT2D eigenvalue weighted by molar-refractivity contribution is -0.540. The number of ether oxygens (including phenoxy) is 3. The molecule has 3 bridgehead atoms. The molecular weight excluding hydrogens is 326 g/mol. The Morgan fingerprint density at radius 2 is 2.12 bits per heavy atom. The van der Waals surface area contributed by atoms with Crippen molar-refractivity contribution in [1.29, 1.82) is 0 Å². The van der Waals surface area contributed by atoms with Gasteiger partial charge >= 0.3 is 0 Å². The lowest BCUT2D eigenvalue weighted by Crippen LogP contribution is -2.81. The van der Waals surface area contributed by atoms with Crippen LogP contribution >= 0.6 is 0 Å². The van der Waals surface area contributed by atoms with Gasteiger partial charge in [-0.25, -0.2) is 14.8 Å². The maximum absolute atomic E-state index is 10.4. The molecule has 4 unspecified atom stereocenters. The summed E-state index contributed by atoms with van der Waals surface area (Å²) in [5.41, 5.74) is -0.0304. The molecule has 3 aliphatic heterocycles. The summed E-state index contributed by atoms with van der Waals surface area (Å²) in [4.78, 5) is 26.7. The van der Waals surface area contributed by atoms with Gasteiger partial charge in [-0.05, 0) is 32.1 Å². The fourth-order valence-electron chi connectivity index (χ4n) is 6.63. The van der Waals surface area contributed by atoms with Gasteiger partial charge in [-0.15, -0.1) is 0 Å². The van der Waals surface area contributed by atoms with Gasteiger partial charge in [-0.2, -0.15) is 0 Å². The topological polar surface area (TPSA) is 75.6 Å². The van der Waals surface area contributed by atoms with E-state index < -0.39 is 5.79 Å². The van der Waals surface area contributed by atoms with Crippen LogP contribution in [0.5, 0.6) is 0 Å². The van der Waals surface area contributed by atoms with Gasteiger partial charge in [0, 0.05) is 29.1 Å². The smallest absolute Gasteiger partial charge is 0.294 e. The summed E-state index contributed by atoms with van der Waals surface area (Å²) >= 11 is 0. The zero-order valence-corrected chi connectivity index (χ0v) is 14.9. The van der Waals surface area contributed by atoms with Crippen LogP contribution in [-0.2, 0) is 28.8 Å². The second-order valence-electron chi connectivity index (χ2n) is 8.55.